The van der Waals surface area contributed by atoms with Gasteiger partial charge in [0.15, 0.2) is 38.8 Å². The minimum Gasteiger partial charge on any atom is -0.503 e. The molecule has 0 bridgehead atoms. The molecule has 4 aromatic rings. The van der Waals surface area contributed by atoms with Crippen LogP contribution < -0.4 is 10.3 Å². The lowest BCUT2D eigenvalue weighted by Crippen LogP contribution is -2.17. The van der Waals surface area contributed by atoms with Crippen molar-refractivity contribution in [1.82, 2.24) is 19.9 Å². The summed E-state index contributed by atoms with van der Waals surface area (Å²) in [6.07, 6.45) is 0. The molecule has 0 aliphatic heterocycles. The number of nitrogens with zero attached hydrogens (tertiary/aromatic N) is 2. The number of hydrogen-bond acceptors (Lipinski definition) is 11. The zero-order valence-corrected chi connectivity index (χ0v) is 17.0. The summed E-state index contributed by atoms with van der Waals surface area (Å²) in [5.74, 6) is -3.93. The van der Waals surface area contributed by atoms with Crippen LogP contribution in [0.15, 0.2) is 13.6 Å². The number of fused-ring (bicyclic) bond motifs is 2. The number of carbonyl (C=O) groups excluding carboxylic acids is 2. The Labute approximate surface area is 176 Å². The fraction of sp³-hybridized carbons (Fsp3) is 0.222. The number of aromatic nitrogens is 4. The highest BCUT2D eigenvalue weighted by Gasteiger charge is 2.32. The Morgan fingerprint density at radius 1 is 1.06 bits per heavy atom. The number of rotatable bonds is 5. The summed E-state index contributed by atoms with van der Waals surface area (Å²) in [5, 5.41) is 20.8. The van der Waals surface area contributed by atoms with E-state index in [9.17, 15) is 24.6 Å². The van der Waals surface area contributed by atoms with E-state index < -0.39 is 34.7 Å². The summed E-state index contributed by atoms with van der Waals surface area (Å²) in [4.78, 5) is 48.8. The van der Waals surface area contributed by atoms with Gasteiger partial charge in [-0.25, -0.2) is 9.97 Å². The first-order valence-corrected chi connectivity index (χ1v) is 9.11. The number of methoxy groups -OCH3 is 1. The van der Waals surface area contributed by atoms with Crippen LogP contribution in [0.2, 0.25) is 0 Å². The molecule has 0 spiro atoms. The van der Waals surface area contributed by atoms with Gasteiger partial charge in [-0.2, -0.15) is 0 Å². The Morgan fingerprint density at radius 3 is 2.32 bits per heavy atom. The second kappa shape index (κ2) is 7.05. The maximum atomic E-state index is 12.2. The monoisotopic (exact) mass is 446 g/mol. The number of benzene rings is 1. The van der Waals surface area contributed by atoms with Crippen molar-refractivity contribution in [2.24, 2.45) is 0 Å². The highest BCUT2D eigenvalue weighted by molar-refractivity contribution is 7.71. The molecule has 0 fully saturated rings. The number of aromatic hydroxyl groups is 2. The van der Waals surface area contributed by atoms with Crippen LogP contribution in [-0.4, -0.2) is 48.8 Å². The maximum absolute atomic E-state index is 12.2. The van der Waals surface area contributed by atoms with Crippen molar-refractivity contribution in [3.05, 3.63) is 21.0 Å². The van der Waals surface area contributed by atoms with Crippen molar-refractivity contribution in [1.29, 1.82) is 0 Å². The Kier molecular flexibility index (Phi) is 4.61. The lowest BCUT2D eigenvalue weighted by Gasteiger charge is -2.04. The molecule has 0 saturated heterocycles. The zero-order valence-electron chi connectivity index (χ0n) is 16.2. The van der Waals surface area contributed by atoms with Crippen molar-refractivity contribution in [3.63, 3.8) is 0 Å². The van der Waals surface area contributed by atoms with E-state index in [1.165, 1.54) is 21.0 Å². The van der Waals surface area contributed by atoms with E-state index >= 15 is 0 Å². The summed E-state index contributed by atoms with van der Waals surface area (Å²) in [5.41, 5.74) is -1.62. The molecule has 0 amide bonds. The number of Topliss-reactive ketones (excluding diaryl/α,β-unsaturated/α-hetero) is 2. The Hall–Kier alpha value is -4.00. The molecule has 12 nitrogen and oxygen atoms in total. The number of ketones is 2. The molecule has 31 heavy (non-hydrogen) atoms. The first-order chi connectivity index (χ1) is 14.6. The van der Waals surface area contributed by atoms with E-state index in [1.807, 2.05) is 0 Å². The predicted molar refractivity (Wildman–Crippen MR) is 107 cm³/mol. The lowest BCUT2D eigenvalue weighted by molar-refractivity contribution is -0.127. The molecule has 3 aromatic heterocycles. The zero-order chi connectivity index (χ0) is 22.6. The molecule has 4 rings (SSSR count). The third-order valence-corrected chi connectivity index (χ3v) is 4.74. The van der Waals surface area contributed by atoms with E-state index in [-0.39, 0.29) is 50.1 Å². The predicted octanol–water partition coefficient (Wildman–Crippen LogP) is 2.06. The van der Waals surface area contributed by atoms with Gasteiger partial charge in [0.05, 0.1) is 7.11 Å². The molecule has 0 unspecified atom stereocenters. The van der Waals surface area contributed by atoms with Gasteiger partial charge in [-0.3, -0.25) is 19.4 Å². The van der Waals surface area contributed by atoms with Crippen LogP contribution in [0.4, 0.5) is 0 Å². The van der Waals surface area contributed by atoms with Crippen LogP contribution in [0.3, 0.4) is 0 Å². The Bertz CT molecular complexity index is 1500. The summed E-state index contributed by atoms with van der Waals surface area (Å²) in [7, 11) is 1.29. The number of nitrogens with one attached hydrogen (secondary N) is 2. The highest BCUT2D eigenvalue weighted by Crippen LogP contribution is 2.44. The van der Waals surface area contributed by atoms with E-state index in [1.54, 1.807) is 0 Å². The number of aromatic amines is 2. The van der Waals surface area contributed by atoms with E-state index in [0.717, 1.165) is 0 Å². The lowest BCUT2D eigenvalue weighted by atomic mass is 10.0. The number of phenolic OH excluding ortho intramolecular Hbond substituents is 1. The largest absolute Gasteiger partial charge is 0.503 e. The SMILES string of the molecule is COc1c2nc(-c3c(O)[nH]c(=S)[nH]c3=O)oc2c(O)c2nc(C(C(C)=O)C(C)=O)oc12. The second-order valence-electron chi connectivity index (χ2n) is 6.59. The van der Waals surface area contributed by atoms with Gasteiger partial charge >= 0.3 is 0 Å². The van der Waals surface area contributed by atoms with Gasteiger partial charge in [-0.15, -0.1) is 0 Å². The number of H-pyrrole nitrogens is 2. The fourth-order valence-electron chi connectivity index (χ4n) is 3.23. The van der Waals surface area contributed by atoms with Crippen molar-refractivity contribution >= 4 is 46.0 Å². The molecular weight excluding hydrogens is 432 g/mol. The Balaban J connectivity index is 2.03. The summed E-state index contributed by atoms with van der Waals surface area (Å²) in [6, 6.07) is 0. The van der Waals surface area contributed by atoms with Crippen molar-refractivity contribution < 1.29 is 33.4 Å². The second-order valence-corrected chi connectivity index (χ2v) is 7.00. The number of hydrogen-bond donors (Lipinski definition) is 4. The highest BCUT2D eigenvalue weighted by atomic mass is 32.1. The third kappa shape index (κ3) is 3.06. The number of oxazole rings is 2. The topological polar surface area (TPSA) is 185 Å². The standard InChI is InChI=1S/C18H14N4O8S/c1-4(23)6(5(2)24)16-19-8-10(25)11-9(12(28-3)13(8)30-16)20-17(29-11)7-14(26)21-18(31)22-15(7)27/h6,25H,1-3H3,(H3,21,22,26,27,31). The molecule has 160 valence electrons. The van der Waals surface area contributed by atoms with E-state index in [4.69, 9.17) is 25.8 Å². The van der Waals surface area contributed by atoms with Gasteiger partial charge < -0.3 is 28.8 Å². The van der Waals surface area contributed by atoms with Crippen LogP contribution in [0.25, 0.3) is 33.7 Å². The molecule has 0 saturated carbocycles. The fourth-order valence-corrected chi connectivity index (χ4v) is 3.42. The van der Waals surface area contributed by atoms with Gasteiger partial charge in [0, 0.05) is 0 Å². The summed E-state index contributed by atoms with van der Waals surface area (Å²) in [6.45, 7) is 2.43. The normalized spacial score (nSPS) is 11.5. The molecule has 0 aliphatic carbocycles. The first-order valence-electron chi connectivity index (χ1n) is 8.70. The molecule has 0 radical (unpaired) electrons. The third-order valence-electron chi connectivity index (χ3n) is 4.53. The number of phenols is 1. The molecule has 1 aromatic carbocycles. The van der Waals surface area contributed by atoms with Crippen LogP contribution in [0.1, 0.15) is 25.7 Å². The van der Waals surface area contributed by atoms with Gasteiger partial charge in [0.25, 0.3) is 5.56 Å². The molecule has 0 aliphatic rings. The van der Waals surface area contributed by atoms with Crippen molar-refractivity contribution in [2.45, 2.75) is 19.8 Å². The summed E-state index contributed by atoms with van der Waals surface area (Å²) < 4.78 is 16.3. The van der Waals surface area contributed by atoms with Gasteiger partial charge in [0.1, 0.15) is 11.6 Å². The average Bonchev–Trinajstić information content (AvgIpc) is 3.26. The van der Waals surface area contributed by atoms with Gasteiger partial charge in [0.2, 0.25) is 28.8 Å². The van der Waals surface area contributed by atoms with Crippen LogP contribution >= 0.6 is 12.2 Å². The van der Waals surface area contributed by atoms with Gasteiger partial charge in [-0.05, 0) is 26.1 Å². The molecule has 0 atom stereocenters. The first kappa shape index (κ1) is 20.3. The summed E-state index contributed by atoms with van der Waals surface area (Å²) >= 11 is 4.79. The quantitative estimate of drug-likeness (QED) is 0.260. The number of carbonyl (C=O) groups is 2. The van der Waals surface area contributed by atoms with Crippen LogP contribution in [0, 0.1) is 4.77 Å². The van der Waals surface area contributed by atoms with Crippen LogP contribution in [-0.2, 0) is 9.59 Å². The van der Waals surface area contributed by atoms with Crippen LogP contribution in [0.5, 0.6) is 17.4 Å². The average molecular weight is 446 g/mol. The van der Waals surface area contributed by atoms with Crippen molar-refractivity contribution in [2.75, 3.05) is 7.11 Å². The maximum Gasteiger partial charge on any atom is 0.268 e. The molecular formula is C18H14N4O8S. The smallest absolute Gasteiger partial charge is 0.268 e. The molecule has 4 N–H and O–H groups in total. The Morgan fingerprint density at radius 2 is 1.74 bits per heavy atom. The minimum absolute atomic E-state index is 0.0257. The molecule has 3 heterocycles. The molecule has 13 heteroatoms. The minimum atomic E-state index is -1.26. The number of ether oxygens (including phenoxy) is 1. The van der Waals surface area contributed by atoms with Crippen molar-refractivity contribution in [3.8, 4) is 28.8 Å². The van der Waals surface area contributed by atoms with E-state index in [2.05, 4.69) is 19.9 Å². The van der Waals surface area contributed by atoms with E-state index in [0.29, 0.717) is 0 Å². The van der Waals surface area contributed by atoms with Gasteiger partial charge in [-0.1, -0.05) is 0 Å².